The Morgan fingerprint density at radius 3 is 2.35 bits per heavy atom. The van der Waals surface area contributed by atoms with Crippen LogP contribution in [-0.4, -0.2) is 23.3 Å². The third kappa shape index (κ3) is 2.97. The first-order valence-corrected chi connectivity index (χ1v) is 7.29. The van der Waals surface area contributed by atoms with Gasteiger partial charge in [-0.25, -0.2) is 0 Å². The number of benzene rings is 2. The van der Waals surface area contributed by atoms with Gasteiger partial charge in [0.1, 0.15) is 5.75 Å². The van der Waals surface area contributed by atoms with Crippen LogP contribution < -0.4 is 10.2 Å². The van der Waals surface area contributed by atoms with Crippen LogP contribution in [0.25, 0.3) is 10.8 Å². The van der Waals surface area contributed by atoms with E-state index in [0.717, 1.165) is 29.4 Å². The van der Waals surface area contributed by atoms with Gasteiger partial charge in [0.2, 0.25) is 0 Å². The molecule has 0 saturated heterocycles. The molecule has 3 nitrogen and oxygen atoms in total. The van der Waals surface area contributed by atoms with Crippen LogP contribution in [0.5, 0.6) is 5.75 Å². The van der Waals surface area contributed by atoms with Gasteiger partial charge in [-0.05, 0) is 54.1 Å². The van der Waals surface area contributed by atoms with Gasteiger partial charge in [-0.3, -0.25) is 0 Å². The fraction of sp³-hybridized carbons (Fsp3) is 0.375. The molecular weight excluding hydrogens is 251 g/mol. The van der Waals surface area contributed by atoms with Gasteiger partial charge in [0.15, 0.2) is 0 Å². The van der Waals surface area contributed by atoms with Crippen molar-refractivity contribution in [1.29, 1.82) is 0 Å². The van der Waals surface area contributed by atoms with Gasteiger partial charge in [-0.15, -0.1) is 0 Å². The largest absolute Gasteiger partial charge is 0.490 e. The molecule has 1 aliphatic rings. The highest BCUT2D eigenvalue weighted by Gasteiger charge is 2.15. The molecule has 1 aliphatic carbocycles. The van der Waals surface area contributed by atoms with Gasteiger partial charge in [0.05, 0.1) is 6.10 Å². The van der Waals surface area contributed by atoms with Crippen molar-refractivity contribution in [2.75, 3.05) is 0 Å². The van der Waals surface area contributed by atoms with Crippen LogP contribution in [0.4, 0.5) is 0 Å². The van der Waals surface area contributed by atoms with Gasteiger partial charge in [-0.1, -0.05) is 30.7 Å². The van der Waals surface area contributed by atoms with Crippen LogP contribution in [0, 0.1) is 0 Å². The minimum absolute atomic E-state index is 0.347. The smallest absolute Gasteiger partial charge is 0.488 e. The molecule has 0 aliphatic heterocycles. The fourth-order valence-corrected chi connectivity index (χ4v) is 2.85. The van der Waals surface area contributed by atoms with E-state index in [1.807, 2.05) is 24.3 Å². The summed E-state index contributed by atoms with van der Waals surface area (Å²) in [7, 11) is -1.42. The van der Waals surface area contributed by atoms with E-state index in [0.29, 0.717) is 11.6 Å². The summed E-state index contributed by atoms with van der Waals surface area (Å²) >= 11 is 0. The van der Waals surface area contributed by atoms with Gasteiger partial charge in [-0.2, -0.15) is 0 Å². The summed E-state index contributed by atoms with van der Waals surface area (Å²) in [6.45, 7) is 0. The van der Waals surface area contributed by atoms with Crippen LogP contribution in [0.1, 0.15) is 32.1 Å². The highest BCUT2D eigenvalue weighted by atomic mass is 16.5. The number of ether oxygens (including phenoxy) is 1. The Hall–Kier alpha value is -1.52. The SMILES string of the molecule is OB(O)c1ccc2cc(OC3CCCCC3)ccc2c1. The summed E-state index contributed by atoms with van der Waals surface area (Å²) in [6.07, 6.45) is 6.48. The molecule has 0 spiro atoms. The van der Waals surface area contributed by atoms with E-state index >= 15 is 0 Å². The number of fused-ring (bicyclic) bond motifs is 1. The van der Waals surface area contributed by atoms with Gasteiger partial charge >= 0.3 is 7.12 Å². The lowest BCUT2D eigenvalue weighted by atomic mass is 9.79. The molecule has 104 valence electrons. The normalized spacial score (nSPS) is 16.3. The fourth-order valence-electron chi connectivity index (χ4n) is 2.85. The summed E-state index contributed by atoms with van der Waals surface area (Å²) in [5, 5.41) is 20.4. The molecule has 4 heteroatoms. The summed E-state index contributed by atoms with van der Waals surface area (Å²) < 4.78 is 6.04. The van der Waals surface area contributed by atoms with Crippen molar-refractivity contribution in [2.24, 2.45) is 0 Å². The molecule has 0 atom stereocenters. The van der Waals surface area contributed by atoms with Crippen LogP contribution in [0.2, 0.25) is 0 Å². The molecule has 0 heterocycles. The molecule has 0 radical (unpaired) electrons. The Bertz CT molecular complexity index is 591. The minimum atomic E-state index is -1.42. The van der Waals surface area contributed by atoms with Crippen molar-refractivity contribution in [3.8, 4) is 5.75 Å². The summed E-state index contributed by atoms with van der Waals surface area (Å²) in [6, 6.07) is 11.4. The summed E-state index contributed by atoms with van der Waals surface area (Å²) in [5.74, 6) is 0.904. The van der Waals surface area contributed by atoms with Crippen LogP contribution >= 0.6 is 0 Å². The van der Waals surface area contributed by atoms with E-state index in [1.54, 1.807) is 12.1 Å². The number of rotatable bonds is 3. The second-order valence-electron chi connectivity index (χ2n) is 5.52. The van der Waals surface area contributed by atoms with Crippen LogP contribution in [-0.2, 0) is 0 Å². The van der Waals surface area contributed by atoms with E-state index in [-0.39, 0.29) is 0 Å². The number of hydrogen-bond acceptors (Lipinski definition) is 3. The van der Waals surface area contributed by atoms with Crippen molar-refractivity contribution in [3.05, 3.63) is 36.4 Å². The van der Waals surface area contributed by atoms with Gasteiger partial charge in [0, 0.05) is 0 Å². The standard InChI is InChI=1S/C16H19BO3/c18-17(19)14-8-6-13-11-16(9-7-12(13)10-14)20-15-4-2-1-3-5-15/h6-11,15,18-19H,1-5H2. The molecule has 0 amide bonds. The third-order valence-electron chi connectivity index (χ3n) is 3.99. The van der Waals surface area contributed by atoms with Crippen molar-refractivity contribution < 1.29 is 14.8 Å². The van der Waals surface area contributed by atoms with Gasteiger partial charge in [0.25, 0.3) is 0 Å². The van der Waals surface area contributed by atoms with Crippen molar-refractivity contribution in [1.82, 2.24) is 0 Å². The molecule has 3 rings (SSSR count). The van der Waals surface area contributed by atoms with E-state index in [4.69, 9.17) is 4.74 Å². The Kier molecular flexibility index (Phi) is 3.94. The quantitative estimate of drug-likeness (QED) is 0.841. The predicted molar refractivity (Wildman–Crippen MR) is 81.3 cm³/mol. The first-order valence-electron chi connectivity index (χ1n) is 7.29. The Morgan fingerprint density at radius 2 is 1.60 bits per heavy atom. The van der Waals surface area contributed by atoms with E-state index < -0.39 is 7.12 Å². The summed E-state index contributed by atoms with van der Waals surface area (Å²) in [4.78, 5) is 0. The molecule has 0 unspecified atom stereocenters. The van der Waals surface area contributed by atoms with E-state index in [2.05, 4.69) is 0 Å². The predicted octanol–water partition coefficient (Wildman–Crippen LogP) is 2.23. The molecule has 1 saturated carbocycles. The van der Waals surface area contributed by atoms with E-state index in [9.17, 15) is 10.0 Å². The van der Waals surface area contributed by atoms with Crippen molar-refractivity contribution in [2.45, 2.75) is 38.2 Å². The average molecular weight is 270 g/mol. The zero-order chi connectivity index (χ0) is 13.9. The zero-order valence-corrected chi connectivity index (χ0v) is 11.5. The Morgan fingerprint density at radius 1 is 0.900 bits per heavy atom. The van der Waals surface area contributed by atoms with Crippen LogP contribution in [0.3, 0.4) is 0 Å². The van der Waals surface area contributed by atoms with E-state index in [1.165, 1.54) is 19.3 Å². The maximum Gasteiger partial charge on any atom is 0.488 e. The highest BCUT2D eigenvalue weighted by Crippen LogP contribution is 2.26. The highest BCUT2D eigenvalue weighted by molar-refractivity contribution is 6.58. The Balaban J connectivity index is 1.81. The van der Waals surface area contributed by atoms with Crippen molar-refractivity contribution in [3.63, 3.8) is 0 Å². The second kappa shape index (κ2) is 5.86. The maximum atomic E-state index is 9.18. The maximum absolute atomic E-state index is 9.18. The summed E-state index contributed by atoms with van der Waals surface area (Å²) in [5.41, 5.74) is 0.512. The van der Waals surface area contributed by atoms with Crippen LogP contribution in [0.15, 0.2) is 36.4 Å². The van der Waals surface area contributed by atoms with Crippen molar-refractivity contribution >= 4 is 23.4 Å². The lowest BCUT2D eigenvalue weighted by molar-refractivity contribution is 0.155. The minimum Gasteiger partial charge on any atom is -0.490 e. The third-order valence-corrected chi connectivity index (χ3v) is 3.99. The molecule has 0 bridgehead atoms. The lowest BCUT2D eigenvalue weighted by Gasteiger charge is -2.23. The molecule has 2 N–H and O–H groups in total. The molecular formula is C16H19BO3. The zero-order valence-electron chi connectivity index (χ0n) is 11.5. The number of hydrogen-bond donors (Lipinski definition) is 2. The average Bonchev–Trinajstić information content (AvgIpc) is 2.47. The molecule has 0 aromatic heterocycles. The lowest BCUT2D eigenvalue weighted by Crippen LogP contribution is -2.29. The second-order valence-corrected chi connectivity index (χ2v) is 5.52. The molecule has 1 fully saturated rings. The monoisotopic (exact) mass is 270 g/mol. The molecule has 20 heavy (non-hydrogen) atoms. The topological polar surface area (TPSA) is 49.7 Å². The first kappa shape index (κ1) is 13.5. The molecule has 2 aromatic carbocycles. The first-order chi connectivity index (χ1) is 9.72. The van der Waals surface area contributed by atoms with Gasteiger partial charge < -0.3 is 14.8 Å². The molecule has 2 aromatic rings. The Labute approximate surface area is 119 Å².